The van der Waals surface area contributed by atoms with Crippen LogP contribution in [0.3, 0.4) is 0 Å². The standard InChI is InChI=1S/C9H11BrClNO2S/c1-7(12-15(13,14)6-10)8-2-4-9(11)5-3-8/h2-5,7,12H,6H2,1H3. The Morgan fingerprint density at radius 2 is 1.93 bits per heavy atom. The van der Waals surface area contributed by atoms with E-state index in [0.717, 1.165) is 5.56 Å². The summed E-state index contributed by atoms with van der Waals surface area (Å²) >= 11 is 8.64. The highest BCUT2D eigenvalue weighted by atomic mass is 79.9. The number of sulfonamides is 1. The minimum Gasteiger partial charge on any atom is -0.212 e. The summed E-state index contributed by atoms with van der Waals surface area (Å²) in [7, 11) is -3.24. The van der Waals surface area contributed by atoms with Crippen molar-refractivity contribution in [3.05, 3.63) is 34.9 Å². The third kappa shape index (κ3) is 4.10. The van der Waals surface area contributed by atoms with Crippen LogP contribution >= 0.6 is 27.5 Å². The monoisotopic (exact) mass is 311 g/mol. The predicted molar refractivity (Wildman–Crippen MR) is 65.7 cm³/mol. The molecule has 0 amide bonds. The van der Waals surface area contributed by atoms with E-state index in [1.165, 1.54) is 0 Å². The van der Waals surface area contributed by atoms with Crippen LogP contribution in [-0.4, -0.2) is 13.1 Å². The number of rotatable bonds is 4. The molecule has 1 unspecified atom stereocenters. The van der Waals surface area contributed by atoms with Crippen molar-refractivity contribution in [1.82, 2.24) is 4.72 Å². The first-order valence-corrected chi connectivity index (χ1v) is 7.41. The van der Waals surface area contributed by atoms with E-state index in [4.69, 9.17) is 11.6 Å². The topological polar surface area (TPSA) is 46.2 Å². The minimum atomic E-state index is -3.24. The summed E-state index contributed by atoms with van der Waals surface area (Å²) in [6.45, 7) is 1.78. The van der Waals surface area contributed by atoms with Crippen LogP contribution < -0.4 is 4.72 Å². The van der Waals surface area contributed by atoms with E-state index in [2.05, 4.69) is 20.7 Å². The first-order valence-electron chi connectivity index (χ1n) is 4.26. The molecule has 0 aliphatic carbocycles. The Kier molecular flexibility index (Phi) is 4.58. The maximum absolute atomic E-state index is 11.3. The van der Waals surface area contributed by atoms with Crippen molar-refractivity contribution in [2.24, 2.45) is 0 Å². The minimum absolute atomic E-state index is 0.0993. The van der Waals surface area contributed by atoms with Crippen LogP contribution in [0, 0.1) is 0 Å². The number of halogens is 2. The molecule has 1 rings (SSSR count). The van der Waals surface area contributed by atoms with E-state index in [0.29, 0.717) is 5.02 Å². The van der Waals surface area contributed by atoms with Gasteiger partial charge in [-0.2, -0.15) is 0 Å². The van der Waals surface area contributed by atoms with Crippen LogP contribution in [-0.2, 0) is 10.0 Å². The highest BCUT2D eigenvalue weighted by Crippen LogP contribution is 2.16. The molecule has 0 fully saturated rings. The highest BCUT2D eigenvalue weighted by Gasteiger charge is 2.13. The molecule has 0 saturated carbocycles. The maximum Gasteiger partial charge on any atom is 0.222 e. The molecule has 0 aromatic heterocycles. The van der Waals surface area contributed by atoms with E-state index in [-0.39, 0.29) is 10.7 Å². The summed E-state index contributed by atoms with van der Waals surface area (Å²) in [6, 6.07) is 6.80. The van der Waals surface area contributed by atoms with Crippen molar-refractivity contribution in [3.63, 3.8) is 0 Å². The van der Waals surface area contributed by atoms with E-state index >= 15 is 0 Å². The van der Waals surface area contributed by atoms with Crippen LogP contribution in [0.2, 0.25) is 5.02 Å². The molecule has 0 heterocycles. The quantitative estimate of drug-likeness (QED) is 0.869. The molecule has 1 N–H and O–H groups in total. The lowest BCUT2D eigenvalue weighted by Crippen LogP contribution is -2.27. The summed E-state index contributed by atoms with van der Waals surface area (Å²) in [5.41, 5.74) is 0.879. The van der Waals surface area contributed by atoms with E-state index in [1.54, 1.807) is 31.2 Å². The summed E-state index contributed by atoms with van der Waals surface area (Å²) in [5, 5.41) is 0.634. The molecule has 0 aliphatic rings. The maximum atomic E-state index is 11.3. The number of benzene rings is 1. The molecular weight excluding hydrogens is 302 g/mol. The lowest BCUT2D eigenvalue weighted by Gasteiger charge is -2.13. The zero-order chi connectivity index (χ0) is 11.5. The average molecular weight is 313 g/mol. The van der Waals surface area contributed by atoms with Crippen molar-refractivity contribution < 1.29 is 8.42 Å². The first-order chi connectivity index (χ1) is 6.94. The van der Waals surface area contributed by atoms with E-state index in [1.807, 2.05) is 0 Å². The largest absolute Gasteiger partial charge is 0.222 e. The van der Waals surface area contributed by atoms with E-state index in [9.17, 15) is 8.42 Å². The van der Waals surface area contributed by atoms with Gasteiger partial charge in [-0.3, -0.25) is 0 Å². The van der Waals surface area contributed by atoms with Gasteiger partial charge in [-0.25, -0.2) is 13.1 Å². The van der Waals surface area contributed by atoms with Gasteiger partial charge in [-0.05, 0) is 24.6 Å². The number of alkyl halides is 1. The van der Waals surface area contributed by atoms with Gasteiger partial charge in [0.2, 0.25) is 10.0 Å². The molecule has 0 spiro atoms. The Labute approximate surface area is 103 Å². The predicted octanol–water partition coefficient (Wildman–Crippen LogP) is 2.67. The lowest BCUT2D eigenvalue weighted by atomic mass is 10.1. The summed E-state index contributed by atoms with van der Waals surface area (Å²) in [4.78, 5) is 0. The van der Waals surface area contributed by atoms with Gasteiger partial charge in [0.15, 0.2) is 0 Å². The zero-order valence-corrected chi connectivity index (χ0v) is 11.2. The molecule has 0 bridgehead atoms. The van der Waals surface area contributed by atoms with Crippen LogP contribution in [0.4, 0.5) is 0 Å². The number of nitrogens with one attached hydrogen (secondary N) is 1. The molecule has 15 heavy (non-hydrogen) atoms. The van der Waals surface area contributed by atoms with Gasteiger partial charge in [0.1, 0.15) is 4.66 Å². The Bertz CT molecular complexity index is 418. The zero-order valence-electron chi connectivity index (χ0n) is 8.07. The third-order valence-corrected chi connectivity index (χ3v) is 4.93. The Hall–Kier alpha value is -0.100. The van der Waals surface area contributed by atoms with Gasteiger partial charge < -0.3 is 0 Å². The molecule has 84 valence electrons. The third-order valence-electron chi connectivity index (χ3n) is 1.87. The second kappa shape index (κ2) is 5.30. The normalized spacial score (nSPS) is 13.8. The number of hydrogen-bond donors (Lipinski definition) is 1. The molecule has 3 nitrogen and oxygen atoms in total. The van der Waals surface area contributed by atoms with Crippen LogP contribution in [0.15, 0.2) is 24.3 Å². The van der Waals surface area contributed by atoms with Crippen molar-refractivity contribution >= 4 is 37.6 Å². The molecule has 1 atom stereocenters. The van der Waals surface area contributed by atoms with Crippen molar-refractivity contribution in [1.29, 1.82) is 0 Å². The second-order valence-corrected chi connectivity index (χ2v) is 6.61. The first kappa shape index (κ1) is 13.0. The van der Waals surface area contributed by atoms with Gasteiger partial charge in [-0.15, -0.1) is 0 Å². The molecule has 1 aromatic carbocycles. The fraction of sp³-hybridized carbons (Fsp3) is 0.333. The van der Waals surface area contributed by atoms with Crippen LogP contribution in [0.1, 0.15) is 18.5 Å². The molecule has 0 aliphatic heterocycles. The van der Waals surface area contributed by atoms with Crippen molar-refractivity contribution in [3.8, 4) is 0 Å². The smallest absolute Gasteiger partial charge is 0.212 e. The van der Waals surface area contributed by atoms with Crippen LogP contribution in [0.5, 0.6) is 0 Å². The average Bonchev–Trinajstić information content (AvgIpc) is 2.18. The molecule has 1 aromatic rings. The van der Waals surface area contributed by atoms with Crippen molar-refractivity contribution in [2.75, 3.05) is 4.66 Å². The van der Waals surface area contributed by atoms with Gasteiger partial charge in [0.05, 0.1) is 0 Å². The van der Waals surface area contributed by atoms with Gasteiger partial charge in [-0.1, -0.05) is 39.7 Å². The molecule has 0 radical (unpaired) electrons. The Morgan fingerprint density at radius 3 is 2.40 bits per heavy atom. The fourth-order valence-corrected chi connectivity index (χ4v) is 2.38. The lowest BCUT2D eigenvalue weighted by molar-refractivity contribution is 0.572. The van der Waals surface area contributed by atoms with E-state index < -0.39 is 10.0 Å². The second-order valence-electron chi connectivity index (χ2n) is 3.11. The SMILES string of the molecule is CC(NS(=O)(=O)CBr)c1ccc(Cl)cc1. The Morgan fingerprint density at radius 1 is 1.40 bits per heavy atom. The summed E-state index contributed by atoms with van der Waals surface area (Å²) in [6.07, 6.45) is 0. The van der Waals surface area contributed by atoms with Crippen molar-refractivity contribution in [2.45, 2.75) is 13.0 Å². The van der Waals surface area contributed by atoms with Gasteiger partial charge in [0.25, 0.3) is 0 Å². The fourth-order valence-electron chi connectivity index (χ4n) is 1.12. The number of hydrogen-bond acceptors (Lipinski definition) is 2. The summed E-state index contributed by atoms with van der Waals surface area (Å²) in [5.74, 6) is 0. The molecule has 0 saturated heterocycles. The van der Waals surface area contributed by atoms with Crippen LogP contribution in [0.25, 0.3) is 0 Å². The van der Waals surface area contributed by atoms with Gasteiger partial charge in [0, 0.05) is 11.1 Å². The summed E-state index contributed by atoms with van der Waals surface area (Å²) < 4.78 is 25.0. The Balaban J connectivity index is 2.78. The van der Waals surface area contributed by atoms with Gasteiger partial charge >= 0.3 is 0 Å². The molecular formula is C9H11BrClNO2S. The highest BCUT2D eigenvalue weighted by molar-refractivity contribution is 9.10. The molecule has 6 heteroatoms.